The van der Waals surface area contributed by atoms with E-state index in [4.69, 9.17) is 0 Å². The van der Waals surface area contributed by atoms with E-state index in [1.54, 1.807) is 0 Å². The van der Waals surface area contributed by atoms with Crippen LogP contribution in [0.4, 0.5) is 0 Å². The van der Waals surface area contributed by atoms with Crippen molar-refractivity contribution >= 4 is 42.8 Å². The third-order valence-electron chi connectivity index (χ3n) is 2.73. The van der Waals surface area contributed by atoms with Crippen LogP contribution in [-0.2, 0) is 0 Å². The van der Waals surface area contributed by atoms with Crippen molar-refractivity contribution in [3.63, 3.8) is 0 Å². The molecule has 0 unspecified atom stereocenters. The summed E-state index contributed by atoms with van der Waals surface area (Å²) in [5.41, 5.74) is 4.64. The first-order valence-electron chi connectivity index (χ1n) is 4.74. The zero-order chi connectivity index (χ0) is 11.2. The summed E-state index contributed by atoms with van der Waals surface area (Å²) < 4.78 is 2.13. The summed E-state index contributed by atoms with van der Waals surface area (Å²) >= 11 is 7.14. The Morgan fingerprint density at radius 2 is 1.67 bits per heavy atom. The van der Waals surface area contributed by atoms with Gasteiger partial charge in [0, 0.05) is 9.86 Å². The minimum absolute atomic E-state index is 1.02. The molecule has 0 aliphatic carbocycles. The molecule has 0 atom stereocenters. The molecule has 0 saturated heterocycles. The van der Waals surface area contributed by atoms with Gasteiger partial charge in [-0.05, 0) is 63.8 Å². The van der Waals surface area contributed by atoms with E-state index < -0.39 is 0 Å². The topological polar surface area (TPSA) is 12.9 Å². The Balaban J connectivity index is 2.98. The van der Waals surface area contributed by atoms with E-state index in [9.17, 15) is 0 Å². The molecule has 15 heavy (non-hydrogen) atoms. The van der Waals surface area contributed by atoms with Crippen LogP contribution in [0.3, 0.4) is 0 Å². The van der Waals surface area contributed by atoms with Gasteiger partial charge in [0.25, 0.3) is 0 Å². The number of benzene rings is 1. The zero-order valence-corrected chi connectivity index (χ0v) is 12.0. The Bertz CT molecular complexity index is 547. The SMILES string of the molecule is Cc1ccc2c(Br)c(Br)c(C)nc2c1C. The number of aryl methyl sites for hydroxylation is 3. The van der Waals surface area contributed by atoms with E-state index in [0.717, 1.165) is 25.5 Å². The fourth-order valence-electron chi connectivity index (χ4n) is 1.62. The first-order valence-corrected chi connectivity index (χ1v) is 6.32. The minimum Gasteiger partial charge on any atom is -0.252 e. The molecule has 1 aromatic carbocycles. The van der Waals surface area contributed by atoms with Crippen molar-refractivity contribution in [1.82, 2.24) is 4.98 Å². The van der Waals surface area contributed by atoms with Gasteiger partial charge in [-0.3, -0.25) is 4.98 Å². The summed E-state index contributed by atoms with van der Waals surface area (Å²) in [6.07, 6.45) is 0. The number of fused-ring (bicyclic) bond motifs is 1. The summed E-state index contributed by atoms with van der Waals surface area (Å²) in [5.74, 6) is 0. The van der Waals surface area contributed by atoms with Crippen LogP contribution in [0.15, 0.2) is 21.1 Å². The molecule has 1 nitrogen and oxygen atoms in total. The highest BCUT2D eigenvalue weighted by atomic mass is 79.9. The van der Waals surface area contributed by atoms with Crippen molar-refractivity contribution in [2.45, 2.75) is 20.8 Å². The van der Waals surface area contributed by atoms with E-state index >= 15 is 0 Å². The van der Waals surface area contributed by atoms with Gasteiger partial charge in [-0.25, -0.2) is 0 Å². The van der Waals surface area contributed by atoms with Crippen molar-refractivity contribution in [1.29, 1.82) is 0 Å². The summed E-state index contributed by atoms with van der Waals surface area (Å²) in [7, 11) is 0. The third kappa shape index (κ3) is 1.72. The highest BCUT2D eigenvalue weighted by Gasteiger charge is 2.10. The lowest BCUT2D eigenvalue weighted by atomic mass is 10.1. The molecule has 0 bridgehead atoms. The van der Waals surface area contributed by atoms with Gasteiger partial charge in [-0.2, -0.15) is 0 Å². The molecule has 2 rings (SSSR count). The van der Waals surface area contributed by atoms with E-state index in [-0.39, 0.29) is 0 Å². The normalized spacial score (nSPS) is 11.0. The average Bonchev–Trinajstić information content (AvgIpc) is 2.21. The largest absolute Gasteiger partial charge is 0.252 e. The standard InChI is InChI=1S/C12H11Br2N/c1-6-4-5-9-11(14)10(13)8(3)15-12(9)7(6)2/h4-5H,1-3H3. The van der Waals surface area contributed by atoms with Crippen molar-refractivity contribution < 1.29 is 0 Å². The van der Waals surface area contributed by atoms with Crippen LogP contribution < -0.4 is 0 Å². The molecular weight excluding hydrogens is 318 g/mol. The van der Waals surface area contributed by atoms with E-state index in [2.05, 4.69) is 62.8 Å². The van der Waals surface area contributed by atoms with Crippen LogP contribution >= 0.6 is 31.9 Å². The number of aromatic nitrogens is 1. The highest BCUT2D eigenvalue weighted by molar-refractivity contribution is 9.13. The molecule has 0 saturated carbocycles. The molecule has 0 amide bonds. The second-order valence-corrected chi connectivity index (χ2v) is 5.31. The van der Waals surface area contributed by atoms with Gasteiger partial charge >= 0.3 is 0 Å². The smallest absolute Gasteiger partial charge is 0.0749 e. The van der Waals surface area contributed by atoms with Gasteiger partial charge in [-0.1, -0.05) is 12.1 Å². The molecule has 0 N–H and O–H groups in total. The summed E-state index contributed by atoms with van der Waals surface area (Å²) in [6.45, 7) is 6.24. The minimum atomic E-state index is 1.02. The van der Waals surface area contributed by atoms with Crippen molar-refractivity contribution in [3.8, 4) is 0 Å². The second-order valence-electron chi connectivity index (χ2n) is 3.73. The molecule has 0 aliphatic rings. The number of halogens is 2. The predicted octanol–water partition coefficient (Wildman–Crippen LogP) is 4.69. The molecule has 2 aromatic rings. The van der Waals surface area contributed by atoms with E-state index in [1.807, 2.05) is 6.92 Å². The van der Waals surface area contributed by atoms with Crippen LogP contribution in [0.5, 0.6) is 0 Å². The van der Waals surface area contributed by atoms with Crippen LogP contribution in [-0.4, -0.2) is 4.98 Å². The first-order chi connectivity index (χ1) is 7.02. The van der Waals surface area contributed by atoms with Gasteiger partial charge in [0.1, 0.15) is 0 Å². The van der Waals surface area contributed by atoms with Crippen molar-refractivity contribution in [3.05, 3.63) is 37.9 Å². The van der Waals surface area contributed by atoms with Gasteiger partial charge in [0.2, 0.25) is 0 Å². The maximum absolute atomic E-state index is 4.62. The lowest BCUT2D eigenvalue weighted by molar-refractivity contribution is 1.20. The lowest BCUT2D eigenvalue weighted by Crippen LogP contribution is -1.92. The Morgan fingerprint density at radius 1 is 1.00 bits per heavy atom. The molecule has 0 radical (unpaired) electrons. The van der Waals surface area contributed by atoms with Crippen LogP contribution in [0.2, 0.25) is 0 Å². The maximum atomic E-state index is 4.62. The molecule has 78 valence electrons. The Kier molecular flexibility index (Phi) is 2.86. The summed E-state index contributed by atoms with van der Waals surface area (Å²) in [6, 6.07) is 4.24. The van der Waals surface area contributed by atoms with Crippen LogP contribution in [0.1, 0.15) is 16.8 Å². The van der Waals surface area contributed by atoms with Crippen LogP contribution in [0, 0.1) is 20.8 Å². The number of hydrogen-bond donors (Lipinski definition) is 0. The zero-order valence-electron chi connectivity index (χ0n) is 8.86. The summed E-state index contributed by atoms with van der Waals surface area (Å²) in [5, 5.41) is 1.16. The fraction of sp³-hybridized carbons (Fsp3) is 0.250. The summed E-state index contributed by atoms with van der Waals surface area (Å²) in [4.78, 5) is 4.62. The maximum Gasteiger partial charge on any atom is 0.0749 e. The highest BCUT2D eigenvalue weighted by Crippen LogP contribution is 2.34. The third-order valence-corrected chi connectivity index (χ3v) is 5.05. The Hall–Kier alpha value is -0.410. The number of nitrogens with zero attached hydrogens (tertiary/aromatic N) is 1. The Labute approximate surface area is 106 Å². The molecule has 0 spiro atoms. The second kappa shape index (κ2) is 3.87. The van der Waals surface area contributed by atoms with E-state index in [1.165, 1.54) is 11.1 Å². The molecule has 0 fully saturated rings. The van der Waals surface area contributed by atoms with Gasteiger partial charge in [-0.15, -0.1) is 0 Å². The first kappa shape index (κ1) is 11.1. The average molecular weight is 329 g/mol. The predicted molar refractivity (Wildman–Crippen MR) is 71.4 cm³/mol. The monoisotopic (exact) mass is 327 g/mol. The van der Waals surface area contributed by atoms with Gasteiger partial charge in [0.05, 0.1) is 15.7 Å². The van der Waals surface area contributed by atoms with Crippen molar-refractivity contribution in [2.75, 3.05) is 0 Å². The molecule has 3 heteroatoms. The number of pyridine rings is 1. The van der Waals surface area contributed by atoms with Crippen molar-refractivity contribution in [2.24, 2.45) is 0 Å². The number of rotatable bonds is 0. The lowest BCUT2D eigenvalue weighted by Gasteiger charge is -2.09. The quantitative estimate of drug-likeness (QED) is 0.684. The van der Waals surface area contributed by atoms with E-state index in [0.29, 0.717) is 0 Å². The number of hydrogen-bond acceptors (Lipinski definition) is 1. The molecular formula is C12H11Br2N. The van der Waals surface area contributed by atoms with Crippen LogP contribution in [0.25, 0.3) is 10.9 Å². The fourth-order valence-corrected chi connectivity index (χ4v) is 2.53. The Morgan fingerprint density at radius 3 is 2.33 bits per heavy atom. The molecule has 0 aliphatic heterocycles. The molecule has 1 aromatic heterocycles. The van der Waals surface area contributed by atoms with Gasteiger partial charge in [0.15, 0.2) is 0 Å². The van der Waals surface area contributed by atoms with Gasteiger partial charge < -0.3 is 0 Å². The molecule has 1 heterocycles.